The van der Waals surface area contributed by atoms with Crippen LogP contribution in [0.4, 0.5) is 0 Å². The molecular formula is C14H21N3O2S. The Morgan fingerprint density at radius 1 is 1.40 bits per heavy atom. The molecule has 0 saturated heterocycles. The number of nitrogens with zero attached hydrogens (tertiary/aromatic N) is 3. The topological polar surface area (TPSA) is 68.0 Å². The lowest BCUT2D eigenvalue weighted by atomic mass is 9.82. The second-order valence-electron chi connectivity index (χ2n) is 5.93. The van der Waals surface area contributed by atoms with E-state index in [1.54, 1.807) is 0 Å². The summed E-state index contributed by atoms with van der Waals surface area (Å²) in [6, 6.07) is 0.500. The van der Waals surface area contributed by atoms with E-state index in [0.717, 1.165) is 17.4 Å². The fourth-order valence-electron chi connectivity index (χ4n) is 3.31. The Kier molecular flexibility index (Phi) is 3.75. The summed E-state index contributed by atoms with van der Waals surface area (Å²) in [4.78, 5) is 10.8. The van der Waals surface area contributed by atoms with Gasteiger partial charge >= 0.3 is 5.97 Å². The molecule has 0 aromatic carbocycles. The number of hydrogen-bond donors (Lipinski definition) is 1. The number of carbonyl (C=O) groups is 1. The van der Waals surface area contributed by atoms with Crippen LogP contribution in [0.3, 0.4) is 0 Å². The summed E-state index contributed by atoms with van der Waals surface area (Å²) in [5.41, 5.74) is 0.178. The van der Waals surface area contributed by atoms with E-state index in [0.29, 0.717) is 6.04 Å². The highest BCUT2D eigenvalue weighted by molar-refractivity contribution is 7.99. The lowest BCUT2D eigenvalue weighted by molar-refractivity contribution is -0.133. The minimum absolute atomic E-state index is 0.0595. The third kappa shape index (κ3) is 2.45. The van der Waals surface area contributed by atoms with E-state index in [2.05, 4.69) is 21.7 Å². The van der Waals surface area contributed by atoms with Gasteiger partial charge in [0.2, 0.25) is 0 Å². The van der Waals surface area contributed by atoms with Crippen LogP contribution >= 0.6 is 11.8 Å². The van der Waals surface area contributed by atoms with Crippen molar-refractivity contribution in [3.63, 3.8) is 0 Å². The molecule has 2 saturated carbocycles. The minimum atomic E-state index is -0.798. The molecule has 6 heteroatoms. The van der Waals surface area contributed by atoms with Gasteiger partial charge in [0.1, 0.15) is 5.82 Å². The first kappa shape index (κ1) is 13.9. The SMILES string of the molecule is CCC1(c2nnc(SCC(=O)O)n2C2CC2)CCCC1. The number of hydrogen-bond acceptors (Lipinski definition) is 4. The van der Waals surface area contributed by atoms with E-state index in [1.165, 1.54) is 50.3 Å². The molecule has 5 nitrogen and oxygen atoms in total. The second kappa shape index (κ2) is 5.39. The Labute approximate surface area is 123 Å². The number of carboxylic acids is 1. The Hall–Kier alpha value is -1.04. The van der Waals surface area contributed by atoms with E-state index in [1.807, 2.05) is 0 Å². The minimum Gasteiger partial charge on any atom is -0.481 e. The third-order valence-corrected chi connectivity index (χ3v) is 5.54. The van der Waals surface area contributed by atoms with Crippen molar-refractivity contribution in [3.8, 4) is 0 Å². The molecular weight excluding hydrogens is 274 g/mol. The highest BCUT2D eigenvalue weighted by Crippen LogP contribution is 2.47. The van der Waals surface area contributed by atoms with Crippen molar-refractivity contribution in [1.29, 1.82) is 0 Å². The fourth-order valence-corrected chi connectivity index (χ4v) is 4.04. The summed E-state index contributed by atoms with van der Waals surface area (Å²) in [6.07, 6.45) is 8.36. The van der Waals surface area contributed by atoms with Crippen molar-refractivity contribution in [2.75, 3.05) is 5.75 Å². The van der Waals surface area contributed by atoms with Gasteiger partial charge in [-0.15, -0.1) is 10.2 Å². The van der Waals surface area contributed by atoms with Crippen molar-refractivity contribution < 1.29 is 9.90 Å². The summed E-state index contributed by atoms with van der Waals surface area (Å²) in [5, 5.41) is 18.4. The van der Waals surface area contributed by atoms with Gasteiger partial charge in [0.25, 0.3) is 0 Å². The Morgan fingerprint density at radius 3 is 2.65 bits per heavy atom. The summed E-state index contributed by atoms with van der Waals surface area (Å²) in [7, 11) is 0. The lowest BCUT2D eigenvalue weighted by Crippen LogP contribution is -2.26. The molecule has 0 radical (unpaired) electrons. The molecule has 2 aliphatic carbocycles. The first-order valence-corrected chi connectivity index (χ1v) is 8.45. The smallest absolute Gasteiger partial charge is 0.313 e. The van der Waals surface area contributed by atoms with Crippen molar-refractivity contribution in [2.45, 2.75) is 68.5 Å². The highest BCUT2D eigenvalue weighted by atomic mass is 32.2. The molecule has 20 heavy (non-hydrogen) atoms. The van der Waals surface area contributed by atoms with Gasteiger partial charge in [0.05, 0.1) is 5.75 Å². The van der Waals surface area contributed by atoms with Crippen molar-refractivity contribution in [2.24, 2.45) is 0 Å². The van der Waals surface area contributed by atoms with Crippen LogP contribution in [-0.2, 0) is 10.2 Å². The first-order valence-electron chi connectivity index (χ1n) is 7.46. The van der Waals surface area contributed by atoms with Gasteiger partial charge < -0.3 is 9.67 Å². The zero-order valence-corrected chi connectivity index (χ0v) is 12.7. The number of rotatable bonds is 6. The fraction of sp³-hybridized carbons (Fsp3) is 0.786. The first-order chi connectivity index (χ1) is 9.66. The average Bonchev–Trinajstić information content (AvgIpc) is 3.01. The zero-order valence-electron chi connectivity index (χ0n) is 11.8. The van der Waals surface area contributed by atoms with Crippen LogP contribution in [0, 0.1) is 0 Å². The summed E-state index contributed by atoms with van der Waals surface area (Å²) < 4.78 is 2.25. The third-order valence-electron chi connectivity index (χ3n) is 4.61. The summed E-state index contributed by atoms with van der Waals surface area (Å²) in [5.74, 6) is 0.380. The van der Waals surface area contributed by atoms with Crippen LogP contribution in [0.25, 0.3) is 0 Å². The largest absolute Gasteiger partial charge is 0.481 e. The predicted molar refractivity (Wildman–Crippen MR) is 77.1 cm³/mol. The average molecular weight is 295 g/mol. The van der Waals surface area contributed by atoms with Gasteiger partial charge in [-0.3, -0.25) is 4.79 Å². The van der Waals surface area contributed by atoms with Crippen molar-refractivity contribution >= 4 is 17.7 Å². The summed E-state index contributed by atoms with van der Waals surface area (Å²) in [6.45, 7) is 2.24. The Morgan fingerprint density at radius 2 is 2.10 bits per heavy atom. The number of aromatic nitrogens is 3. The van der Waals surface area contributed by atoms with Crippen LogP contribution < -0.4 is 0 Å². The molecule has 1 aromatic rings. The van der Waals surface area contributed by atoms with Crippen LogP contribution in [-0.4, -0.2) is 31.6 Å². The molecule has 3 rings (SSSR count). The molecule has 110 valence electrons. The van der Waals surface area contributed by atoms with Crippen LogP contribution in [0.5, 0.6) is 0 Å². The molecule has 0 bridgehead atoms. The summed E-state index contributed by atoms with van der Waals surface area (Å²) >= 11 is 1.30. The van der Waals surface area contributed by atoms with Gasteiger partial charge in [-0.1, -0.05) is 31.5 Å². The van der Waals surface area contributed by atoms with Crippen LogP contribution in [0.2, 0.25) is 0 Å². The monoisotopic (exact) mass is 295 g/mol. The molecule has 0 spiro atoms. The lowest BCUT2D eigenvalue weighted by Gasteiger charge is -2.27. The van der Waals surface area contributed by atoms with Gasteiger partial charge in [-0.05, 0) is 32.1 Å². The molecule has 1 aromatic heterocycles. The Bertz CT molecular complexity index is 505. The molecule has 1 heterocycles. The molecule has 0 amide bonds. The maximum atomic E-state index is 10.8. The van der Waals surface area contributed by atoms with E-state index >= 15 is 0 Å². The molecule has 1 N–H and O–H groups in total. The molecule has 0 atom stereocenters. The van der Waals surface area contributed by atoms with E-state index in [4.69, 9.17) is 5.11 Å². The van der Waals surface area contributed by atoms with E-state index < -0.39 is 5.97 Å². The molecule has 2 fully saturated rings. The molecule has 0 unspecified atom stereocenters. The Balaban J connectivity index is 1.92. The maximum absolute atomic E-state index is 10.8. The maximum Gasteiger partial charge on any atom is 0.313 e. The number of thioether (sulfide) groups is 1. The van der Waals surface area contributed by atoms with E-state index in [-0.39, 0.29) is 11.2 Å². The van der Waals surface area contributed by atoms with Crippen LogP contribution in [0.1, 0.15) is 63.7 Å². The zero-order chi connectivity index (χ0) is 14.2. The molecule has 2 aliphatic rings. The standard InChI is InChI=1S/C14H21N3O2S/c1-2-14(7-3-4-8-14)12-15-16-13(20-9-11(18)19)17(12)10-5-6-10/h10H,2-9H2,1H3,(H,18,19). The normalized spacial score (nSPS) is 21.2. The number of carboxylic acid groups (broad SMARTS) is 1. The van der Waals surface area contributed by atoms with Gasteiger partial charge in [0, 0.05) is 11.5 Å². The highest BCUT2D eigenvalue weighted by Gasteiger charge is 2.42. The number of aliphatic carboxylic acids is 1. The second-order valence-corrected chi connectivity index (χ2v) is 6.87. The van der Waals surface area contributed by atoms with E-state index in [9.17, 15) is 4.79 Å². The van der Waals surface area contributed by atoms with Crippen molar-refractivity contribution in [3.05, 3.63) is 5.82 Å². The van der Waals surface area contributed by atoms with Gasteiger partial charge in [-0.2, -0.15) is 0 Å². The molecule has 0 aliphatic heterocycles. The van der Waals surface area contributed by atoms with Crippen molar-refractivity contribution in [1.82, 2.24) is 14.8 Å². The quantitative estimate of drug-likeness (QED) is 0.817. The van der Waals surface area contributed by atoms with Gasteiger partial charge in [-0.25, -0.2) is 0 Å². The van der Waals surface area contributed by atoms with Gasteiger partial charge in [0.15, 0.2) is 5.16 Å². The predicted octanol–water partition coefficient (Wildman–Crippen LogP) is 3.01. The van der Waals surface area contributed by atoms with Crippen LogP contribution in [0.15, 0.2) is 5.16 Å².